The minimum absolute atomic E-state index is 0.132. The van der Waals surface area contributed by atoms with Crippen LogP contribution in [0, 0.1) is 5.82 Å². The number of rotatable bonds is 7. The lowest BCUT2D eigenvalue weighted by Gasteiger charge is -2.28. The third-order valence-electron chi connectivity index (χ3n) is 4.92. The maximum Gasteiger partial charge on any atom is 0.287 e. The number of nitrogens with one attached hydrogen (secondary N) is 1. The molecule has 1 atom stereocenters. The van der Waals surface area contributed by atoms with Crippen molar-refractivity contribution >= 4 is 17.4 Å². The zero-order valence-electron chi connectivity index (χ0n) is 17.1. The van der Waals surface area contributed by atoms with Crippen LogP contribution in [0.1, 0.15) is 16.1 Å². The third-order valence-corrected chi connectivity index (χ3v) is 4.92. The van der Waals surface area contributed by atoms with E-state index in [0.29, 0.717) is 12.2 Å². The van der Waals surface area contributed by atoms with E-state index in [9.17, 15) is 19.1 Å². The molecule has 32 heavy (non-hydrogen) atoms. The molecule has 164 valence electrons. The minimum atomic E-state index is -0.905. The smallest absolute Gasteiger partial charge is 0.287 e. The Balaban J connectivity index is 1.66. The van der Waals surface area contributed by atoms with Gasteiger partial charge in [-0.05, 0) is 24.3 Å². The summed E-state index contributed by atoms with van der Waals surface area (Å²) in [5.74, 6) is -0.877. The van der Waals surface area contributed by atoms with Crippen molar-refractivity contribution in [3.63, 3.8) is 0 Å². The van der Waals surface area contributed by atoms with Gasteiger partial charge in [-0.2, -0.15) is 9.61 Å². The first-order chi connectivity index (χ1) is 15.5. The number of fused-ring (bicyclic) bond motifs is 1. The molecule has 0 aliphatic heterocycles. The van der Waals surface area contributed by atoms with Crippen LogP contribution >= 0.6 is 0 Å². The van der Waals surface area contributed by atoms with Crippen molar-refractivity contribution in [2.75, 3.05) is 19.0 Å². The molecule has 1 amide bonds. The number of aliphatic hydroxyl groups is 1. The van der Waals surface area contributed by atoms with Crippen LogP contribution in [0.3, 0.4) is 0 Å². The number of carbonyl (C=O) groups is 1. The normalized spacial score (nSPS) is 12.0. The zero-order valence-corrected chi connectivity index (χ0v) is 17.1. The maximum atomic E-state index is 13.2. The summed E-state index contributed by atoms with van der Waals surface area (Å²) in [7, 11) is 1.44. The Hall–Kier alpha value is -4.12. The van der Waals surface area contributed by atoms with Crippen LogP contribution in [-0.2, 0) is 6.54 Å². The second kappa shape index (κ2) is 8.94. The Morgan fingerprint density at radius 1 is 1.22 bits per heavy atom. The number of halogens is 1. The van der Waals surface area contributed by atoms with E-state index in [1.165, 1.54) is 36.5 Å². The fourth-order valence-electron chi connectivity index (χ4n) is 3.23. The number of aromatic nitrogens is 5. The standard InChI is InChI=1S/C21H20FN7O3/c1-27(18(13-30)26-17-6-5-14(22)10-24-17)20(31)16-12-28(11-15-4-2-3-8-23-15)19-7-9-25-29(19)21(16)32/h2-10,12,18,30H,11,13H2,1H3,(H,24,26). The van der Waals surface area contributed by atoms with Gasteiger partial charge in [-0.15, -0.1) is 0 Å². The van der Waals surface area contributed by atoms with Crippen molar-refractivity contribution < 1.29 is 14.3 Å². The van der Waals surface area contributed by atoms with Crippen LogP contribution in [0.25, 0.3) is 5.65 Å². The van der Waals surface area contributed by atoms with Gasteiger partial charge in [-0.3, -0.25) is 14.6 Å². The summed E-state index contributed by atoms with van der Waals surface area (Å²) in [4.78, 5) is 35.5. The fraction of sp³-hybridized carbons (Fsp3) is 0.190. The average molecular weight is 437 g/mol. The number of likely N-dealkylation sites (N-methyl/N-ethyl adjacent to an activating group) is 1. The number of hydrogen-bond donors (Lipinski definition) is 2. The summed E-state index contributed by atoms with van der Waals surface area (Å²) in [6, 6.07) is 9.73. The SMILES string of the molecule is CN(C(=O)c1cn(Cc2ccccn2)c2ccnn2c1=O)C(CO)Nc1ccc(F)cn1. The summed E-state index contributed by atoms with van der Waals surface area (Å²) < 4.78 is 16.0. The van der Waals surface area contributed by atoms with E-state index in [1.54, 1.807) is 22.9 Å². The van der Waals surface area contributed by atoms with Crippen LogP contribution in [0.15, 0.2) is 66.0 Å². The van der Waals surface area contributed by atoms with E-state index in [-0.39, 0.29) is 11.4 Å². The fourth-order valence-corrected chi connectivity index (χ4v) is 3.23. The Labute approximate surface area is 181 Å². The molecule has 1 unspecified atom stereocenters. The lowest BCUT2D eigenvalue weighted by Crippen LogP contribution is -2.46. The molecular formula is C21H20FN7O3. The molecular weight excluding hydrogens is 417 g/mol. The summed E-state index contributed by atoms with van der Waals surface area (Å²) >= 11 is 0. The molecule has 10 nitrogen and oxygen atoms in total. The highest BCUT2D eigenvalue weighted by Crippen LogP contribution is 2.11. The van der Waals surface area contributed by atoms with Gasteiger partial charge >= 0.3 is 0 Å². The predicted molar refractivity (Wildman–Crippen MR) is 114 cm³/mol. The first kappa shape index (κ1) is 21.1. The summed E-state index contributed by atoms with van der Waals surface area (Å²) in [5, 5.41) is 16.7. The number of nitrogens with zero attached hydrogens (tertiary/aromatic N) is 6. The largest absolute Gasteiger partial charge is 0.392 e. The highest BCUT2D eigenvalue weighted by Gasteiger charge is 2.25. The summed E-state index contributed by atoms with van der Waals surface area (Å²) in [5.41, 5.74) is 0.526. The number of anilines is 1. The van der Waals surface area contributed by atoms with Gasteiger partial charge in [0.05, 0.1) is 31.2 Å². The van der Waals surface area contributed by atoms with Crippen molar-refractivity contribution in [3.8, 4) is 0 Å². The van der Waals surface area contributed by atoms with Gasteiger partial charge in [0.2, 0.25) is 0 Å². The first-order valence-corrected chi connectivity index (χ1v) is 9.71. The van der Waals surface area contributed by atoms with Gasteiger partial charge in [-0.25, -0.2) is 9.37 Å². The quantitative estimate of drug-likeness (QED) is 0.414. The predicted octanol–water partition coefficient (Wildman–Crippen LogP) is 0.976. The molecule has 0 spiro atoms. The number of carbonyl (C=O) groups excluding carboxylic acids is 1. The van der Waals surface area contributed by atoms with E-state index in [4.69, 9.17) is 0 Å². The van der Waals surface area contributed by atoms with Gasteiger partial charge < -0.3 is 19.9 Å². The highest BCUT2D eigenvalue weighted by atomic mass is 19.1. The molecule has 0 aromatic carbocycles. The van der Waals surface area contributed by atoms with Crippen LogP contribution in [0.4, 0.5) is 10.2 Å². The lowest BCUT2D eigenvalue weighted by atomic mass is 10.2. The first-order valence-electron chi connectivity index (χ1n) is 9.71. The molecule has 0 saturated carbocycles. The van der Waals surface area contributed by atoms with E-state index in [0.717, 1.165) is 16.4 Å². The molecule has 0 radical (unpaired) electrons. The molecule has 0 saturated heterocycles. The van der Waals surface area contributed by atoms with Crippen molar-refractivity contribution in [3.05, 3.63) is 88.6 Å². The molecule has 2 N–H and O–H groups in total. The van der Waals surface area contributed by atoms with Crippen molar-refractivity contribution in [2.45, 2.75) is 12.7 Å². The molecule has 4 aromatic rings. The molecule has 4 heterocycles. The number of pyridine rings is 2. The number of hydrogen-bond acceptors (Lipinski definition) is 7. The molecule has 4 aromatic heterocycles. The molecule has 4 rings (SSSR count). The topological polar surface area (TPSA) is 118 Å². The summed E-state index contributed by atoms with van der Waals surface area (Å²) in [6.07, 6.45) is 4.70. The van der Waals surface area contributed by atoms with Crippen LogP contribution in [0.5, 0.6) is 0 Å². The average Bonchev–Trinajstić information content (AvgIpc) is 3.31. The molecule has 0 aliphatic carbocycles. The Morgan fingerprint density at radius 3 is 2.75 bits per heavy atom. The Morgan fingerprint density at radius 2 is 2.06 bits per heavy atom. The second-order valence-corrected chi connectivity index (χ2v) is 7.02. The number of aliphatic hydroxyl groups excluding tert-OH is 1. The van der Waals surface area contributed by atoms with Crippen molar-refractivity contribution in [1.29, 1.82) is 0 Å². The monoisotopic (exact) mass is 437 g/mol. The maximum absolute atomic E-state index is 13.2. The van der Waals surface area contributed by atoms with Crippen LogP contribution in [-0.4, -0.2) is 59.9 Å². The lowest BCUT2D eigenvalue weighted by molar-refractivity contribution is 0.0688. The van der Waals surface area contributed by atoms with Gasteiger partial charge in [-0.1, -0.05) is 6.07 Å². The van der Waals surface area contributed by atoms with Crippen LogP contribution < -0.4 is 10.9 Å². The molecule has 11 heteroatoms. The molecule has 0 aliphatic rings. The second-order valence-electron chi connectivity index (χ2n) is 7.02. The highest BCUT2D eigenvalue weighted by molar-refractivity contribution is 5.94. The van der Waals surface area contributed by atoms with Crippen molar-refractivity contribution in [1.82, 2.24) is 29.0 Å². The van der Waals surface area contributed by atoms with E-state index in [2.05, 4.69) is 20.4 Å². The minimum Gasteiger partial charge on any atom is -0.392 e. The van der Waals surface area contributed by atoms with E-state index >= 15 is 0 Å². The summed E-state index contributed by atoms with van der Waals surface area (Å²) in [6.45, 7) is -0.144. The van der Waals surface area contributed by atoms with Gasteiger partial charge in [0, 0.05) is 25.5 Å². The van der Waals surface area contributed by atoms with E-state index in [1.807, 2.05) is 12.1 Å². The third kappa shape index (κ3) is 4.18. The Bertz CT molecular complexity index is 1290. The van der Waals surface area contributed by atoms with Gasteiger partial charge in [0.25, 0.3) is 11.5 Å². The molecule has 0 fully saturated rings. The van der Waals surface area contributed by atoms with Gasteiger partial charge in [0.1, 0.15) is 29.0 Å². The zero-order chi connectivity index (χ0) is 22.7. The van der Waals surface area contributed by atoms with Crippen molar-refractivity contribution in [2.24, 2.45) is 0 Å². The van der Waals surface area contributed by atoms with Crippen LogP contribution in [0.2, 0.25) is 0 Å². The Kier molecular flexibility index (Phi) is 5.90. The number of amides is 1. The van der Waals surface area contributed by atoms with E-state index < -0.39 is 30.1 Å². The van der Waals surface area contributed by atoms with Gasteiger partial charge in [0.15, 0.2) is 0 Å². The molecule has 0 bridgehead atoms.